The minimum Gasteiger partial charge on any atom is -0.423 e. The molecule has 1 aliphatic carbocycles. The molecule has 1 aromatic rings. The van der Waals surface area contributed by atoms with E-state index in [4.69, 9.17) is 10.0 Å². The minimum absolute atomic E-state index is 0.605. The van der Waals surface area contributed by atoms with Crippen LogP contribution in [0.5, 0.6) is 0 Å². The van der Waals surface area contributed by atoms with E-state index < -0.39 is 7.12 Å². The predicted octanol–water partition coefficient (Wildman–Crippen LogP) is 1.49. The number of rotatable bonds is 3. The lowest BCUT2D eigenvalue weighted by atomic mass is 9.78. The van der Waals surface area contributed by atoms with Crippen molar-refractivity contribution in [3.63, 3.8) is 0 Å². The van der Waals surface area contributed by atoms with E-state index in [-0.39, 0.29) is 0 Å². The van der Waals surface area contributed by atoms with Gasteiger partial charge in [0.2, 0.25) is 0 Å². The topological polar surface area (TPSA) is 40.5 Å². The van der Waals surface area contributed by atoms with Crippen LogP contribution in [0, 0.1) is 5.92 Å². The lowest BCUT2D eigenvalue weighted by molar-refractivity contribution is 0.356. The van der Waals surface area contributed by atoms with Gasteiger partial charge in [-0.1, -0.05) is 56.4 Å². The van der Waals surface area contributed by atoms with Crippen molar-refractivity contribution in [1.82, 2.24) is 0 Å². The van der Waals surface area contributed by atoms with E-state index in [9.17, 15) is 0 Å². The van der Waals surface area contributed by atoms with Crippen LogP contribution in [-0.2, 0) is 6.42 Å². The molecule has 3 heteroatoms. The van der Waals surface area contributed by atoms with Crippen LogP contribution >= 0.6 is 0 Å². The van der Waals surface area contributed by atoms with Crippen LogP contribution in [0.25, 0.3) is 0 Å². The Hall–Kier alpha value is -0.795. The van der Waals surface area contributed by atoms with Gasteiger partial charge in [0.1, 0.15) is 0 Å². The predicted molar refractivity (Wildman–Crippen MR) is 66.5 cm³/mol. The van der Waals surface area contributed by atoms with E-state index in [1.165, 1.54) is 37.7 Å². The molecule has 1 aliphatic rings. The van der Waals surface area contributed by atoms with E-state index in [0.717, 1.165) is 12.3 Å². The first-order valence-electron chi connectivity index (χ1n) is 6.20. The normalized spacial score (nSPS) is 17.4. The second kappa shape index (κ2) is 5.51. The average Bonchev–Trinajstić information content (AvgIpc) is 2.30. The lowest BCUT2D eigenvalue weighted by Crippen LogP contribution is -2.30. The van der Waals surface area contributed by atoms with Crippen LogP contribution in [-0.4, -0.2) is 17.2 Å². The third-order valence-electron chi connectivity index (χ3n) is 3.50. The second-order valence-electron chi connectivity index (χ2n) is 4.83. The van der Waals surface area contributed by atoms with Crippen LogP contribution in [0.1, 0.15) is 37.7 Å². The first-order valence-corrected chi connectivity index (χ1v) is 6.20. The summed E-state index contributed by atoms with van der Waals surface area (Å²) in [5.41, 5.74) is 1.84. The standard InChI is InChI=1S/C13H19BO2/c15-14(16)13-8-4-7-12(10-13)9-11-5-2-1-3-6-11/h4,7-8,10-11,15-16H,1-3,5-6,9H2. The Labute approximate surface area is 97.5 Å². The maximum atomic E-state index is 9.11. The highest BCUT2D eigenvalue weighted by Gasteiger charge is 2.15. The number of hydrogen-bond acceptors (Lipinski definition) is 2. The van der Waals surface area contributed by atoms with Gasteiger partial charge in [0.25, 0.3) is 0 Å². The van der Waals surface area contributed by atoms with E-state index in [1.54, 1.807) is 6.07 Å². The molecular weight excluding hydrogens is 199 g/mol. The summed E-state index contributed by atoms with van der Waals surface area (Å²) in [5.74, 6) is 0.792. The van der Waals surface area contributed by atoms with E-state index in [1.807, 2.05) is 12.1 Å². The molecular formula is C13H19BO2. The summed E-state index contributed by atoms with van der Waals surface area (Å²) in [4.78, 5) is 0. The molecule has 2 N–H and O–H groups in total. The zero-order valence-corrected chi connectivity index (χ0v) is 9.60. The van der Waals surface area contributed by atoms with Gasteiger partial charge in [0.05, 0.1) is 0 Å². The van der Waals surface area contributed by atoms with Gasteiger partial charge in [-0.2, -0.15) is 0 Å². The fourth-order valence-corrected chi connectivity index (χ4v) is 2.61. The molecule has 0 bridgehead atoms. The Morgan fingerprint density at radius 3 is 2.56 bits per heavy atom. The van der Waals surface area contributed by atoms with Crippen LogP contribution in [0.4, 0.5) is 0 Å². The van der Waals surface area contributed by atoms with Gasteiger partial charge in [0.15, 0.2) is 0 Å². The quantitative estimate of drug-likeness (QED) is 0.754. The number of hydrogen-bond donors (Lipinski definition) is 2. The van der Waals surface area contributed by atoms with Gasteiger partial charge >= 0.3 is 7.12 Å². The van der Waals surface area contributed by atoms with Gasteiger partial charge in [0, 0.05) is 0 Å². The molecule has 0 unspecified atom stereocenters. The highest BCUT2D eigenvalue weighted by atomic mass is 16.4. The third kappa shape index (κ3) is 3.10. The molecule has 1 aromatic carbocycles. The fraction of sp³-hybridized carbons (Fsp3) is 0.538. The van der Waals surface area contributed by atoms with Gasteiger partial charge in [-0.15, -0.1) is 0 Å². The molecule has 0 aromatic heterocycles. The van der Waals surface area contributed by atoms with Gasteiger partial charge in [-0.3, -0.25) is 0 Å². The Balaban J connectivity index is 2.00. The van der Waals surface area contributed by atoms with Crippen LogP contribution in [0.3, 0.4) is 0 Å². The Morgan fingerprint density at radius 2 is 1.88 bits per heavy atom. The minimum atomic E-state index is -1.34. The molecule has 0 radical (unpaired) electrons. The third-order valence-corrected chi connectivity index (χ3v) is 3.50. The van der Waals surface area contributed by atoms with Crippen LogP contribution in [0.15, 0.2) is 24.3 Å². The van der Waals surface area contributed by atoms with Crippen molar-refractivity contribution in [2.24, 2.45) is 5.92 Å². The SMILES string of the molecule is OB(O)c1cccc(CC2CCCCC2)c1. The molecule has 86 valence electrons. The summed E-state index contributed by atoms with van der Waals surface area (Å²) < 4.78 is 0. The molecule has 1 fully saturated rings. The number of benzene rings is 1. The van der Waals surface area contributed by atoms with Crippen LogP contribution in [0.2, 0.25) is 0 Å². The molecule has 0 heterocycles. The Morgan fingerprint density at radius 1 is 1.12 bits per heavy atom. The van der Waals surface area contributed by atoms with Gasteiger partial charge in [-0.25, -0.2) is 0 Å². The summed E-state index contributed by atoms with van der Waals surface area (Å²) in [7, 11) is -1.34. The Kier molecular flexibility index (Phi) is 4.02. The summed E-state index contributed by atoms with van der Waals surface area (Å²) in [6.45, 7) is 0. The zero-order chi connectivity index (χ0) is 11.4. The molecule has 0 amide bonds. The largest absolute Gasteiger partial charge is 0.488 e. The first-order chi connectivity index (χ1) is 7.75. The van der Waals surface area contributed by atoms with E-state index in [2.05, 4.69) is 6.07 Å². The molecule has 0 spiro atoms. The van der Waals surface area contributed by atoms with Crippen molar-refractivity contribution in [2.75, 3.05) is 0 Å². The maximum Gasteiger partial charge on any atom is 0.488 e. The summed E-state index contributed by atoms with van der Waals surface area (Å²) in [6.07, 6.45) is 7.82. The van der Waals surface area contributed by atoms with E-state index >= 15 is 0 Å². The smallest absolute Gasteiger partial charge is 0.423 e. The molecule has 0 aliphatic heterocycles. The van der Waals surface area contributed by atoms with Crippen molar-refractivity contribution >= 4 is 12.6 Å². The van der Waals surface area contributed by atoms with Gasteiger partial charge in [-0.05, 0) is 23.4 Å². The average molecular weight is 218 g/mol. The molecule has 0 saturated heterocycles. The maximum absolute atomic E-state index is 9.11. The van der Waals surface area contributed by atoms with E-state index in [0.29, 0.717) is 5.46 Å². The molecule has 2 nitrogen and oxygen atoms in total. The fourth-order valence-electron chi connectivity index (χ4n) is 2.61. The Bertz CT molecular complexity index is 332. The van der Waals surface area contributed by atoms with Crippen molar-refractivity contribution in [3.05, 3.63) is 29.8 Å². The molecule has 2 rings (SSSR count). The van der Waals surface area contributed by atoms with Gasteiger partial charge < -0.3 is 10.0 Å². The summed E-state index contributed by atoms with van der Waals surface area (Å²) in [6, 6.07) is 7.67. The molecule has 16 heavy (non-hydrogen) atoms. The van der Waals surface area contributed by atoms with Crippen molar-refractivity contribution in [3.8, 4) is 0 Å². The summed E-state index contributed by atoms with van der Waals surface area (Å²) >= 11 is 0. The van der Waals surface area contributed by atoms with Crippen molar-refractivity contribution in [2.45, 2.75) is 38.5 Å². The molecule has 0 atom stereocenters. The van der Waals surface area contributed by atoms with Crippen molar-refractivity contribution < 1.29 is 10.0 Å². The highest BCUT2D eigenvalue weighted by molar-refractivity contribution is 6.58. The zero-order valence-electron chi connectivity index (χ0n) is 9.60. The van der Waals surface area contributed by atoms with Crippen molar-refractivity contribution in [1.29, 1.82) is 0 Å². The first kappa shape index (κ1) is 11.7. The summed E-state index contributed by atoms with van der Waals surface area (Å²) in [5, 5.41) is 18.2. The molecule has 1 saturated carbocycles. The van der Waals surface area contributed by atoms with Crippen LogP contribution < -0.4 is 5.46 Å². The lowest BCUT2D eigenvalue weighted by Gasteiger charge is -2.21. The highest BCUT2D eigenvalue weighted by Crippen LogP contribution is 2.26. The monoisotopic (exact) mass is 218 g/mol. The second-order valence-corrected chi connectivity index (χ2v) is 4.83.